The van der Waals surface area contributed by atoms with E-state index in [1.165, 1.54) is 23.2 Å². The lowest BCUT2D eigenvalue weighted by Crippen LogP contribution is -2.44. The van der Waals surface area contributed by atoms with Crippen molar-refractivity contribution in [1.29, 1.82) is 0 Å². The van der Waals surface area contributed by atoms with Crippen LogP contribution in [0.2, 0.25) is 0 Å². The van der Waals surface area contributed by atoms with Crippen molar-refractivity contribution >= 4 is 18.2 Å². The van der Waals surface area contributed by atoms with Gasteiger partial charge in [-0.3, -0.25) is 4.79 Å². The average molecular weight is 522 g/mol. The quantitative estimate of drug-likeness (QED) is 0.516. The number of imidazole rings is 1. The molecule has 0 bridgehead atoms. The minimum Gasteiger partial charge on any atom is -0.481 e. The van der Waals surface area contributed by atoms with E-state index in [1.54, 1.807) is 41.5 Å². The molecule has 11 heteroatoms. The van der Waals surface area contributed by atoms with Gasteiger partial charge in [0.1, 0.15) is 16.6 Å². The Bertz CT molecular complexity index is 1160. The van der Waals surface area contributed by atoms with E-state index < -0.39 is 46.4 Å². The number of aromatic nitrogens is 2. The molecule has 3 rings (SSSR count). The van der Waals surface area contributed by atoms with E-state index in [-0.39, 0.29) is 12.5 Å². The van der Waals surface area contributed by atoms with Crippen molar-refractivity contribution in [1.82, 2.24) is 14.5 Å². The topological polar surface area (TPSA) is 111 Å². The van der Waals surface area contributed by atoms with Gasteiger partial charge in [0.2, 0.25) is 0 Å². The van der Waals surface area contributed by atoms with Crippen LogP contribution in [-0.2, 0) is 19.7 Å². The summed E-state index contributed by atoms with van der Waals surface area (Å²) in [6, 6.07) is 3.35. The fourth-order valence-corrected chi connectivity index (χ4v) is 4.09. The molecular weight excluding hydrogens is 488 g/mol. The third-order valence-corrected chi connectivity index (χ3v) is 5.89. The molecule has 1 fully saturated rings. The SMILES string of the molecule is CC(C)(C)OC(=O)N(CCCC1CC1(C(=O)O)c1cn(-c2ccc(F)c(F)c2)cn1)C(=O)OC(C)(C)C. The van der Waals surface area contributed by atoms with Crippen LogP contribution in [0.1, 0.15) is 66.5 Å². The second kappa shape index (κ2) is 10.1. The molecule has 2 unspecified atom stereocenters. The summed E-state index contributed by atoms with van der Waals surface area (Å²) >= 11 is 0. The Morgan fingerprint density at radius 3 is 2.19 bits per heavy atom. The van der Waals surface area contributed by atoms with E-state index in [0.717, 1.165) is 17.0 Å². The molecule has 1 saturated carbocycles. The summed E-state index contributed by atoms with van der Waals surface area (Å²) in [6.07, 6.45) is 2.20. The van der Waals surface area contributed by atoms with Gasteiger partial charge in [-0.2, -0.15) is 0 Å². The van der Waals surface area contributed by atoms with Gasteiger partial charge >= 0.3 is 18.2 Å². The molecule has 1 heterocycles. The number of aliphatic carboxylic acids is 1. The van der Waals surface area contributed by atoms with Gasteiger partial charge in [-0.25, -0.2) is 28.3 Å². The van der Waals surface area contributed by atoms with Gasteiger partial charge in [0.15, 0.2) is 11.6 Å². The van der Waals surface area contributed by atoms with Crippen molar-refractivity contribution in [3.8, 4) is 5.69 Å². The Balaban J connectivity index is 1.70. The fraction of sp³-hybridized carbons (Fsp3) is 0.538. The van der Waals surface area contributed by atoms with E-state index in [4.69, 9.17) is 9.47 Å². The van der Waals surface area contributed by atoms with Gasteiger partial charge in [0.25, 0.3) is 0 Å². The van der Waals surface area contributed by atoms with Crippen molar-refractivity contribution in [3.63, 3.8) is 0 Å². The molecule has 202 valence electrons. The predicted molar refractivity (Wildman–Crippen MR) is 129 cm³/mol. The maximum Gasteiger partial charge on any atom is 0.419 e. The summed E-state index contributed by atoms with van der Waals surface area (Å²) < 4.78 is 39.0. The molecule has 37 heavy (non-hydrogen) atoms. The molecule has 1 aliphatic carbocycles. The number of carbonyl (C=O) groups excluding carboxylic acids is 2. The van der Waals surface area contributed by atoms with Crippen LogP contribution >= 0.6 is 0 Å². The zero-order chi connectivity index (χ0) is 27.8. The zero-order valence-corrected chi connectivity index (χ0v) is 21.9. The molecule has 0 saturated heterocycles. The van der Waals surface area contributed by atoms with Crippen molar-refractivity contribution in [2.45, 2.75) is 77.4 Å². The lowest BCUT2D eigenvalue weighted by Gasteiger charge is -2.28. The van der Waals surface area contributed by atoms with E-state index in [9.17, 15) is 28.3 Å². The van der Waals surface area contributed by atoms with Crippen LogP contribution < -0.4 is 0 Å². The van der Waals surface area contributed by atoms with Crippen LogP contribution in [0.4, 0.5) is 18.4 Å². The average Bonchev–Trinajstić information content (AvgIpc) is 3.26. The van der Waals surface area contributed by atoms with E-state index in [1.807, 2.05) is 0 Å². The lowest BCUT2D eigenvalue weighted by atomic mass is 9.97. The van der Waals surface area contributed by atoms with E-state index in [2.05, 4.69) is 4.98 Å². The number of imide groups is 1. The monoisotopic (exact) mass is 521 g/mol. The van der Waals surface area contributed by atoms with E-state index in [0.29, 0.717) is 30.6 Å². The summed E-state index contributed by atoms with van der Waals surface area (Å²) in [4.78, 5) is 42.7. The Morgan fingerprint density at radius 2 is 1.68 bits per heavy atom. The Hall–Kier alpha value is -3.50. The van der Waals surface area contributed by atoms with Crippen molar-refractivity contribution in [3.05, 3.63) is 48.1 Å². The minimum atomic E-state index is -1.24. The first-order valence-corrected chi connectivity index (χ1v) is 12.0. The summed E-state index contributed by atoms with van der Waals surface area (Å²) in [7, 11) is 0. The Morgan fingerprint density at radius 1 is 1.08 bits per heavy atom. The first-order valence-electron chi connectivity index (χ1n) is 12.0. The number of ether oxygens (including phenoxy) is 2. The molecule has 0 radical (unpaired) electrons. The molecule has 1 N–H and O–H groups in total. The van der Waals surface area contributed by atoms with Gasteiger partial charge in [0, 0.05) is 24.5 Å². The maximum absolute atomic E-state index is 13.6. The molecule has 1 aromatic carbocycles. The largest absolute Gasteiger partial charge is 0.481 e. The third kappa shape index (κ3) is 6.64. The van der Waals surface area contributed by atoms with Gasteiger partial charge in [0.05, 0.1) is 12.0 Å². The van der Waals surface area contributed by atoms with Crippen LogP contribution in [0.25, 0.3) is 5.69 Å². The Labute approximate surface area is 214 Å². The number of carbonyl (C=O) groups is 3. The van der Waals surface area contributed by atoms with Crippen molar-refractivity contribution < 1.29 is 37.7 Å². The van der Waals surface area contributed by atoms with Gasteiger partial charge in [-0.1, -0.05) is 0 Å². The second-order valence-corrected chi connectivity index (χ2v) is 11.2. The highest BCUT2D eigenvalue weighted by Gasteiger charge is 2.62. The molecule has 2 aromatic rings. The van der Waals surface area contributed by atoms with Gasteiger partial charge in [-0.05, 0) is 78.9 Å². The number of amides is 2. The first-order chi connectivity index (χ1) is 17.0. The zero-order valence-electron chi connectivity index (χ0n) is 21.9. The van der Waals surface area contributed by atoms with Crippen molar-refractivity contribution in [2.24, 2.45) is 5.92 Å². The highest BCUT2D eigenvalue weighted by Crippen LogP contribution is 2.56. The summed E-state index contributed by atoms with van der Waals surface area (Å²) in [5.41, 5.74) is -2.28. The lowest BCUT2D eigenvalue weighted by molar-refractivity contribution is -0.140. The first kappa shape index (κ1) is 28.1. The van der Waals surface area contributed by atoms with Crippen LogP contribution in [0, 0.1) is 17.6 Å². The Kier molecular flexibility index (Phi) is 7.67. The number of rotatable bonds is 7. The van der Waals surface area contributed by atoms with Crippen LogP contribution in [-0.4, -0.2) is 55.5 Å². The molecule has 0 spiro atoms. The summed E-state index contributed by atoms with van der Waals surface area (Å²) in [6.45, 7) is 10.1. The van der Waals surface area contributed by atoms with Gasteiger partial charge < -0.3 is 19.1 Å². The normalized spacial score (nSPS) is 19.3. The predicted octanol–water partition coefficient (Wildman–Crippen LogP) is 5.45. The standard InChI is InChI=1S/C26H33F2N3O6/c1-24(2,3)36-22(34)31(23(35)37-25(4,5)6)11-7-8-16-13-26(16,21(32)33)20-14-30(15-29-20)17-9-10-18(27)19(28)12-17/h9-10,12,14-16H,7-8,11,13H2,1-6H3,(H,32,33). The molecule has 9 nitrogen and oxygen atoms in total. The summed E-state index contributed by atoms with van der Waals surface area (Å²) in [5, 5.41) is 10.0. The minimum absolute atomic E-state index is 0.0146. The van der Waals surface area contributed by atoms with Crippen LogP contribution in [0.3, 0.4) is 0 Å². The van der Waals surface area contributed by atoms with Gasteiger partial charge in [-0.15, -0.1) is 0 Å². The number of nitrogens with zero attached hydrogens (tertiary/aromatic N) is 3. The van der Waals surface area contributed by atoms with Crippen molar-refractivity contribution in [2.75, 3.05) is 6.54 Å². The highest BCUT2D eigenvalue weighted by atomic mass is 19.2. The van der Waals surface area contributed by atoms with Crippen LogP contribution in [0.5, 0.6) is 0 Å². The molecule has 1 aliphatic rings. The van der Waals surface area contributed by atoms with Crippen LogP contribution in [0.15, 0.2) is 30.7 Å². The molecule has 0 aliphatic heterocycles. The highest BCUT2D eigenvalue weighted by molar-refractivity contribution is 5.88. The summed E-state index contributed by atoms with van der Waals surface area (Å²) in [5.74, 6) is -3.36. The number of carboxylic acids is 1. The number of hydrogen-bond donors (Lipinski definition) is 1. The number of halogens is 2. The smallest absolute Gasteiger partial charge is 0.419 e. The maximum atomic E-state index is 13.6. The molecule has 2 amide bonds. The van der Waals surface area contributed by atoms with E-state index >= 15 is 0 Å². The number of hydrogen-bond acceptors (Lipinski definition) is 6. The molecule has 2 atom stereocenters. The molecule has 1 aromatic heterocycles. The second-order valence-electron chi connectivity index (χ2n) is 11.2. The number of carboxylic acid groups (broad SMARTS) is 1. The number of benzene rings is 1. The molecular formula is C26H33F2N3O6. The fourth-order valence-electron chi connectivity index (χ4n) is 4.09. The third-order valence-electron chi connectivity index (χ3n) is 5.89.